The van der Waals surface area contributed by atoms with Crippen LogP contribution in [0.3, 0.4) is 0 Å². The van der Waals surface area contributed by atoms with Crippen LogP contribution in [0.25, 0.3) is 0 Å². The van der Waals surface area contributed by atoms with Crippen LogP contribution in [0, 0.1) is 5.41 Å². The number of nitrogen functional groups attached to an aromatic ring is 1. The Morgan fingerprint density at radius 3 is 2.42 bits per heavy atom. The summed E-state index contributed by atoms with van der Waals surface area (Å²) in [6, 6.07) is 0. The molecule has 6 heteroatoms. The van der Waals surface area contributed by atoms with Crippen LogP contribution in [0.1, 0.15) is 26.3 Å². The van der Waals surface area contributed by atoms with E-state index < -0.39 is 0 Å². The third-order valence-electron chi connectivity index (χ3n) is 2.91. The van der Waals surface area contributed by atoms with Gasteiger partial charge in [-0.2, -0.15) is 0 Å². The molecular weight excluding hydrogens is 240 g/mol. The summed E-state index contributed by atoms with van der Waals surface area (Å²) in [6.07, 6.45) is 2.35. The molecule has 0 unspecified atom stereocenters. The Kier molecular flexibility index (Phi) is 5.50. The van der Waals surface area contributed by atoms with Crippen molar-refractivity contribution in [2.45, 2.75) is 27.2 Å². The first-order valence-electron chi connectivity index (χ1n) is 6.58. The number of nitrogens with zero attached hydrogens (tertiary/aromatic N) is 3. The lowest BCUT2D eigenvalue weighted by atomic mass is 9.93. The molecule has 0 spiro atoms. The predicted molar refractivity (Wildman–Crippen MR) is 80.0 cm³/mol. The summed E-state index contributed by atoms with van der Waals surface area (Å²) in [4.78, 5) is 10.6. The van der Waals surface area contributed by atoms with Gasteiger partial charge in [-0.15, -0.1) is 0 Å². The highest BCUT2D eigenvalue weighted by atomic mass is 15.3. The van der Waals surface area contributed by atoms with Crippen LogP contribution in [-0.2, 0) is 6.42 Å². The first-order chi connectivity index (χ1) is 8.89. The van der Waals surface area contributed by atoms with Crippen molar-refractivity contribution in [2.24, 2.45) is 11.3 Å². The number of nitrogens with two attached hydrogens (primary N) is 1. The summed E-state index contributed by atoms with van der Waals surface area (Å²) in [5.41, 5.74) is 3.80. The minimum Gasteiger partial charge on any atom is -0.369 e. The maximum Gasteiger partial charge on any atom is 0.148 e. The molecule has 1 rings (SSSR count). The summed E-state index contributed by atoms with van der Waals surface area (Å²) < 4.78 is 0. The number of hydrazine groups is 1. The minimum absolute atomic E-state index is 0.162. The van der Waals surface area contributed by atoms with Crippen LogP contribution in [-0.4, -0.2) is 42.1 Å². The fourth-order valence-electron chi connectivity index (χ4n) is 2.26. The van der Waals surface area contributed by atoms with E-state index in [1.54, 1.807) is 0 Å². The van der Waals surface area contributed by atoms with E-state index in [9.17, 15) is 0 Å². The predicted octanol–water partition coefficient (Wildman–Crippen LogP) is 1.32. The molecule has 6 nitrogen and oxygen atoms in total. The lowest BCUT2D eigenvalue weighted by molar-refractivity contribution is 0.254. The molecule has 0 aliphatic heterocycles. The third kappa shape index (κ3) is 4.65. The van der Waals surface area contributed by atoms with Crippen molar-refractivity contribution in [1.29, 1.82) is 0 Å². The normalized spacial score (nSPS) is 11.7. The van der Waals surface area contributed by atoms with Gasteiger partial charge in [0, 0.05) is 18.7 Å². The van der Waals surface area contributed by atoms with Crippen molar-refractivity contribution in [3.63, 3.8) is 0 Å². The Morgan fingerprint density at radius 2 is 1.89 bits per heavy atom. The van der Waals surface area contributed by atoms with E-state index in [0.29, 0.717) is 5.82 Å². The van der Waals surface area contributed by atoms with Crippen LogP contribution in [0.15, 0.2) is 6.33 Å². The highest BCUT2D eigenvalue weighted by Crippen LogP contribution is 2.22. The van der Waals surface area contributed by atoms with Crippen LogP contribution < -0.4 is 16.6 Å². The SMILES string of the molecule is CCc1c(NN)ncnc1NCC(C)(C)CN(C)C. The summed E-state index contributed by atoms with van der Waals surface area (Å²) in [7, 11) is 4.17. The first-order valence-corrected chi connectivity index (χ1v) is 6.58. The molecule has 19 heavy (non-hydrogen) atoms. The summed E-state index contributed by atoms with van der Waals surface area (Å²) in [5.74, 6) is 7.01. The molecule has 1 aromatic heterocycles. The average Bonchev–Trinajstić information content (AvgIpc) is 2.34. The second kappa shape index (κ2) is 6.68. The number of anilines is 2. The quantitative estimate of drug-likeness (QED) is 0.510. The number of hydrogen-bond acceptors (Lipinski definition) is 6. The van der Waals surface area contributed by atoms with E-state index in [0.717, 1.165) is 30.9 Å². The average molecular weight is 266 g/mol. The number of hydrogen-bond donors (Lipinski definition) is 3. The van der Waals surface area contributed by atoms with Crippen LogP contribution in [0.5, 0.6) is 0 Å². The van der Waals surface area contributed by atoms with Gasteiger partial charge in [-0.1, -0.05) is 20.8 Å². The van der Waals surface area contributed by atoms with Crippen molar-refractivity contribution in [1.82, 2.24) is 14.9 Å². The largest absolute Gasteiger partial charge is 0.369 e. The van der Waals surface area contributed by atoms with Gasteiger partial charge in [-0.05, 0) is 25.9 Å². The van der Waals surface area contributed by atoms with Crippen LogP contribution in [0.4, 0.5) is 11.6 Å². The number of nitrogens with one attached hydrogen (secondary N) is 2. The fraction of sp³-hybridized carbons (Fsp3) is 0.692. The smallest absolute Gasteiger partial charge is 0.148 e. The molecule has 108 valence electrons. The van der Waals surface area contributed by atoms with Crippen molar-refractivity contribution in [3.05, 3.63) is 11.9 Å². The molecule has 0 saturated heterocycles. The monoisotopic (exact) mass is 266 g/mol. The molecule has 1 aromatic rings. The van der Waals surface area contributed by atoms with Gasteiger partial charge in [0.15, 0.2) is 0 Å². The Morgan fingerprint density at radius 1 is 1.26 bits per heavy atom. The Bertz CT molecular complexity index is 402. The molecule has 0 bridgehead atoms. The molecule has 0 aliphatic rings. The van der Waals surface area contributed by atoms with Gasteiger partial charge >= 0.3 is 0 Å². The van der Waals surface area contributed by atoms with E-state index in [1.807, 2.05) is 0 Å². The molecule has 0 radical (unpaired) electrons. The zero-order chi connectivity index (χ0) is 14.5. The second-order valence-electron chi connectivity index (χ2n) is 5.80. The standard InChI is InChI=1S/C13H26N6/c1-6-10-11(16-9-17-12(10)18-14)15-7-13(2,3)8-19(4)5/h9H,6-8,14H2,1-5H3,(H2,15,16,17,18). The van der Waals surface area contributed by atoms with Crippen molar-refractivity contribution in [2.75, 3.05) is 37.9 Å². The molecule has 1 heterocycles. The molecule has 4 N–H and O–H groups in total. The second-order valence-corrected chi connectivity index (χ2v) is 5.80. The highest BCUT2D eigenvalue weighted by molar-refractivity contribution is 5.56. The zero-order valence-electron chi connectivity index (χ0n) is 12.6. The van der Waals surface area contributed by atoms with Gasteiger partial charge in [-0.25, -0.2) is 15.8 Å². The molecule has 0 saturated carbocycles. The van der Waals surface area contributed by atoms with E-state index >= 15 is 0 Å². The lowest BCUT2D eigenvalue weighted by Crippen LogP contribution is -2.34. The summed E-state index contributed by atoms with van der Waals surface area (Å²) in [5, 5.41) is 3.41. The molecule has 0 amide bonds. The maximum atomic E-state index is 5.47. The molecule has 0 aliphatic carbocycles. The summed E-state index contributed by atoms with van der Waals surface area (Å²) >= 11 is 0. The van der Waals surface area contributed by atoms with Gasteiger partial charge in [0.25, 0.3) is 0 Å². The molecule has 0 atom stereocenters. The van der Waals surface area contributed by atoms with Crippen LogP contribution in [0.2, 0.25) is 0 Å². The number of aromatic nitrogens is 2. The van der Waals surface area contributed by atoms with Gasteiger partial charge in [-0.3, -0.25) is 0 Å². The Labute approximate surface area is 115 Å². The van der Waals surface area contributed by atoms with E-state index in [1.165, 1.54) is 6.33 Å². The van der Waals surface area contributed by atoms with E-state index in [2.05, 4.69) is 60.5 Å². The van der Waals surface area contributed by atoms with Crippen molar-refractivity contribution in [3.8, 4) is 0 Å². The highest BCUT2D eigenvalue weighted by Gasteiger charge is 2.19. The van der Waals surface area contributed by atoms with Gasteiger partial charge in [0.05, 0.1) is 0 Å². The zero-order valence-corrected chi connectivity index (χ0v) is 12.6. The molecular formula is C13H26N6. The molecule has 0 aromatic carbocycles. The van der Waals surface area contributed by atoms with E-state index in [4.69, 9.17) is 5.84 Å². The van der Waals surface area contributed by atoms with E-state index in [-0.39, 0.29) is 5.41 Å². The molecule has 0 fully saturated rings. The Hall–Kier alpha value is -1.40. The maximum absolute atomic E-state index is 5.47. The Balaban J connectivity index is 2.77. The minimum atomic E-state index is 0.162. The van der Waals surface area contributed by atoms with Gasteiger partial charge in [0.2, 0.25) is 0 Å². The van der Waals surface area contributed by atoms with Gasteiger partial charge in [0.1, 0.15) is 18.0 Å². The van der Waals surface area contributed by atoms with Crippen molar-refractivity contribution < 1.29 is 0 Å². The first kappa shape index (κ1) is 15.7. The summed E-state index contributed by atoms with van der Waals surface area (Å²) in [6.45, 7) is 8.38. The van der Waals surface area contributed by atoms with Gasteiger partial charge < -0.3 is 15.6 Å². The third-order valence-corrected chi connectivity index (χ3v) is 2.91. The lowest BCUT2D eigenvalue weighted by Gasteiger charge is -2.29. The topological polar surface area (TPSA) is 79.1 Å². The number of rotatable bonds is 7. The van der Waals surface area contributed by atoms with Crippen molar-refractivity contribution >= 4 is 11.6 Å². The fourth-order valence-corrected chi connectivity index (χ4v) is 2.26. The van der Waals surface area contributed by atoms with Crippen LogP contribution >= 0.6 is 0 Å².